The summed E-state index contributed by atoms with van der Waals surface area (Å²) in [6.07, 6.45) is 0.496. The third-order valence-electron chi connectivity index (χ3n) is 5.39. The number of halogens is 1. The van der Waals surface area contributed by atoms with Crippen LogP contribution in [0.3, 0.4) is 0 Å². The first-order valence-electron chi connectivity index (χ1n) is 9.81. The van der Waals surface area contributed by atoms with Crippen LogP contribution >= 0.6 is 11.6 Å². The Hall–Kier alpha value is -2.24. The van der Waals surface area contributed by atoms with E-state index in [1.165, 1.54) is 7.11 Å². The highest BCUT2D eigenvalue weighted by molar-refractivity contribution is 6.30. The molecule has 6 heteroatoms. The van der Waals surface area contributed by atoms with E-state index in [-0.39, 0.29) is 23.7 Å². The molecular weight excluding hydrogens is 390 g/mol. The first-order chi connectivity index (χ1) is 13.7. The van der Waals surface area contributed by atoms with Crippen LogP contribution in [0.2, 0.25) is 5.02 Å². The Balaban J connectivity index is 1.97. The normalized spacial score (nSPS) is 24.3. The lowest BCUT2D eigenvalue weighted by molar-refractivity contribution is -0.131. The van der Waals surface area contributed by atoms with Gasteiger partial charge in [0.1, 0.15) is 0 Å². The Bertz CT molecular complexity index is 868. The fourth-order valence-electron chi connectivity index (χ4n) is 3.76. The molecule has 29 heavy (non-hydrogen) atoms. The summed E-state index contributed by atoms with van der Waals surface area (Å²) in [4.78, 5) is 12.5. The molecule has 3 atom stereocenters. The molecular formula is C23H28ClNO4. The number of nitrogens with one attached hydrogen (secondary N) is 1. The van der Waals surface area contributed by atoms with E-state index in [9.17, 15) is 9.90 Å². The highest BCUT2D eigenvalue weighted by atomic mass is 35.5. The molecule has 1 amide bonds. The van der Waals surface area contributed by atoms with E-state index >= 15 is 0 Å². The average Bonchev–Trinajstić information content (AvgIpc) is 2.67. The minimum absolute atomic E-state index is 0.00197. The van der Waals surface area contributed by atoms with Gasteiger partial charge in [-0.15, -0.1) is 0 Å². The summed E-state index contributed by atoms with van der Waals surface area (Å²) in [6, 6.07) is 12.9. The number of carbonyl (C=O) groups excluding carboxylic acids is 1. The highest BCUT2D eigenvalue weighted by Crippen LogP contribution is 2.47. The largest absolute Gasteiger partial charge is 0.504 e. The summed E-state index contributed by atoms with van der Waals surface area (Å²) in [7, 11) is 1.52. The summed E-state index contributed by atoms with van der Waals surface area (Å²) >= 11 is 6.04. The molecule has 1 saturated heterocycles. The first kappa shape index (κ1) is 21.5. The number of aromatic hydroxyl groups is 1. The van der Waals surface area contributed by atoms with Crippen molar-refractivity contribution in [2.24, 2.45) is 5.92 Å². The SMILES string of the molecule is COc1cccc([C@H]2C[C@@](C)(NC(=O)C(C)C)C[C@@H](c3ccc(Cl)cc3)O2)c1O. The van der Waals surface area contributed by atoms with Crippen molar-refractivity contribution in [2.45, 2.75) is 51.4 Å². The Morgan fingerprint density at radius 1 is 1.21 bits per heavy atom. The Morgan fingerprint density at radius 3 is 2.48 bits per heavy atom. The molecule has 5 nitrogen and oxygen atoms in total. The van der Waals surface area contributed by atoms with Crippen LogP contribution in [-0.4, -0.2) is 23.7 Å². The fourth-order valence-corrected chi connectivity index (χ4v) is 3.89. The Labute approximate surface area is 177 Å². The number of methoxy groups -OCH3 is 1. The standard InChI is InChI=1S/C23H28ClNO4/c1-14(2)22(27)25-23(3)12-19(15-8-10-16(24)11-9-15)29-20(13-23)17-6-5-7-18(28-4)21(17)26/h5-11,14,19-20,26H,12-13H2,1-4H3,(H,25,27)/t19-,20+,23-/m0/s1. The minimum atomic E-state index is -0.496. The van der Waals surface area contributed by atoms with Gasteiger partial charge in [-0.1, -0.05) is 49.7 Å². The van der Waals surface area contributed by atoms with Crippen LogP contribution in [-0.2, 0) is 9.53 Å². The third-order valence-corrected chi connectivity index (χ3v) is 5.64. The number of hydrogen-bond acceptors (Lipinski definition) is 4. The predicted octanol–water partition coefficient (Wildman–Crippen LogP) is 5.18. The van der Waals surface area contributed by atoms with Gasteiger partial charge < -0.3 is 19.9 Å². The van der Waals surface area contributed by atoms with Crippen molar-refractivity contribution in [3.63, 3.8) is 0 Å². The summed E-state index contributed by atoms with van der Waals surface area (Å²) in [5.41, 5.74) is 1.13. The molecule has 2 aromatic carbocycles. The fraction of sp³-hybridized carbons (Fsp3) is 0.435. The molecule has 2 aromatic rings. The van der Waals surface area contributed by atoms with E-state index in [2.05, 4.69) is 5.32 Å². The molecule has 2 N–H and O–H groups in total. The van der Waals surface area contributed by atoms with Crippen LogP contribution in [0.15, 0.2) is 42.5 Å². The van der Waals surface area contributed by atoms with E-state index in [0.717, 1.165) is 5.56 Å². The van der Waals surface area contributed by atoms with Crippen molar-refractivity contribution in [3.8, 4) is 11.5 Å². The maximum atomic E-state index is 12.5. The van der Waals surface area contributed by atoms with Crippen LogP contribution in [0, 0.1) is 5.92 Å². The van der Waals surface area contributed by atoms with Gasteiger partial charge in [0.25, 0.3) is 0 Å². The summed E-state index contributed by atoms with van der Waals surface area (Å²) < 4.78 is 11.7. The maximum Gasteiger partial charge on any atom is 0.222 e. The number of carbonyl (C=O) groups is 1. The summed E-state index contributed by atoms with van der Waals surface area (Å²) in [6.45, 7) is 5.78. The van der Waals surface area contributed by atoms with Gasteiger partial charge in [0, 0.05) is 34.9 Å². The zero-order chi connectivity index (χ0) is 21.2. The van der Waals surface area contributed by atoms with Crippen molar-refractivity contribution in [2.75, 3.05) is 7.11 Å². The van der Waals surface area contributed by atoms with Crippen molar-refractivity contribution in [1.82, 2.24) is 5.32 Å². The minimum Gasteiger partial charge on any atom is -0.504 e. The first-order valence-corrected chi connectivity index (χ1v) is 10.2. The van der Waals surface area contributed by atoms with Gasteiger partial charge in [-0.25, -0.2) is 0 Å². The van der Waals surface area contributed by atoms with E-state index in [1.54, 1.807) is 6.07 Å². The number of benzene rings is 2. The quantitative estimate of drug-likeness (QED) is 0.703. The monoisotopic (exact) mass is 417 g/mol. The number of para-hydroxylation sites is 1. The van der Waals surface area contributed by atoms with Crippen molar-refractivity contribution < 1.29 is 19.4 Å². The Kier molecular flexibility index (Phi) is 6.39. The molecule has 1 heterocycles. The number of phenolic OH excluding ortho intramolecular Hbond substituents is 1. The van der Waals surface area contributed by atoms with Crippen LogP contribution in [0.5, 0.6) is 11.5 Å². The number of hydrogen-bond donors (Lipinski definition) is 2. The zero-order valence-electron chi connectivity index (χ0n) is 17.2. The topological polar surface area (TPSA) is 67.8 Å². The second kappa shape index (κ2) is 8.64. The highest BCUT2D eigenvalue weighted by Gasteiger charge is 2.41. The van der Waals surface area contributed by atoms with Crippen molar-refractivity contribution in [3.05, 3.63) is 58.6 Å². The molecule has 0 aromatic heterocycles. The van der Waals surface area contributed by atoms with Crippen LogP contribution in [0.4, 0.5) is 0 Å². The molecule has 0 radical (unpaired) electrons. The maximum absolute atomic E-state index is 12.5. The van der Waals surface area contributed by atoms with Gasteiger partial charge in [-0.05, 0) is 30.7 Å². The molecule has 0 unspecified atom stereocenters. The van der Waals surface area contributed by atoms with Crippen molar-refractivity contribution >= 4 is 17.5 Å². The average molecular weight is 418 g/mol. The molecule has 0 saturated carbocycles. The van der Waals surface area contributed by atoms with Gasteiger partial charge in [-0.3, -0.25) is 4.79 Å². The van der Waals surface area contributed by atoms with Gasteiger partial charge in [-0.2, -0.15) is 0 Å². The smallest absolute Gasteiger partial charge is 0.222 e. The van der Waals surface area contributed by atoms with E-state index in [1.807, 2.05) is 57.2 Å². The number of ether oxygens (including phenoxy) is 2. The summed E-state index contributed by atoms with van der Waals surface area (Å²) in [5, 5.41) is 14.5. The zero-order valence-corrected chi connectivity index (χ0v) is 18.0. The lowest BCUT2D eigenvalue weighted by Crippen LogP contribution is -2.52. The molecule has 3 rings (SSSR count). The van der Waals surface area contributed by atoms with Gasteiger partial charge in [0.2, 0.25) is 5.91 Å². The van der Waals surface area contributed by atoms with E-state index in [0.29, 0.717) is 29.2 Å². The van der Waals surface area contributed by atoms with E-state index < -0.39 is 11.6 Å². The molecule has 0 spiro atoms. The van der Waals surface area contributed by atoms with Gasteiger partial charge >= 0.3 is 0 Å². The molecule has 1 aliphatic rings. The predicted molar refractivity (Wildman–Crippen MR) is 113 cm³/mol. The van der Waals surface area contributed by atoms with Crippen LogP contribution < -0.4 is 10.1 Å². The van der Waals surface area contributed by atoms with E-state index in [4.69, 9.17) is 21.1 Å². The lowest BCUT2D eigenvalue weighted by atomic mass is 9.81. The second-order valence-electron chi connectivity index (χ2n) is 8.18. The van der Waals surface area contributed by atoms with Crippen molar-refractivity contribution in [1.29, 1.82) is 0 Å². The third kappa shape index (κ3) is 4.85. The Morgan fingerprint density at radius 2 is 1.86 bits per heavy atom. The van der Waals surface area contributed by atoms with Crippen LogP contribution in [0.25, 0.3) is 0 Å². The van der Waals surface area contributed by atoms with Gasteiger partial charge in [0.05, 0.1) is 19.3 Å². The number of phenols is 1. The number of amides is 1. The lowest BCUT2D eigenvalue weighted by Gasteiger charge is -2.43. The second-order valence-corrected chi connectivity index (χ2v) is 8.61. The molecule has 1 fully saturated rings. The van der Waals surface area contributed by atoms with Crippen LogP contribution in [0.1, 0.15) is 56.9 Å². The molecule has 1 aliphatic heterocycles. The molecule has 0 aliphatic carbocycles. The van der Waals surface area contributed by atoms with Gasteiger partial charge in [0.15, 0.2) is 11.5 Å². The molecule has 156 valence electrons. The number of rotatable bonds is 5. The summed E-state index contributed by atoms with van der Waals surface area (Å²) in [5.74, 6) is 0.340. The molecule has 0 bridgehead atoms.